The van der Waals surface area contributed by atoms with Gasteiger partial charge < -0.3 is 0 Å². The summed E-state index contributed by atoms with van der Waals surface area (Å²) < 4.78 is 0. The van der Waals surface area contributed by atoms with Crippen LogP contribution >= 0.6 is 0 Å². The molecule has 1 heterocycles. The summed E-state index contributed by atoms with van der Waals surface area (Å²) in [5.41, 5.74) is 10.1. The fourth-order valence-electron chi connectivity index (χ4n) is 3.85. The van der Waals surface area contributed by atoms with E-state index < -0.39 is 0 Å². The summed E-state index contributed by atoms with van der Waals surface area (Å²) in [6, 6.07) is 25.1. The van der Waals surface area contributed by atoms with Gasteiger partial charge in [0.1, 0.15) is 0 Å². The fourth-order valence-corrected chi connectivity index (χ4v) is 3.85. The van der Waals surface area contributed by atoms with Gasteiger partial charge in [-0.3, -0.25) is 0 Å². The highest BCUT2D eigenvalue weighted by Crippen LogP contribution is 2.40. The lowest BCUT2D eigenvalue weighted by Gasteiger charge is -2.06. The summed E-state index contributed by atoms with van der Waals surface area (Å²) in [6.07, 6.45) is 0. The van der Waals surface area contributed by atoms with Crippen molar-refractivity contribution in [1.82, 2.24) is 4.98 Å². The maximum Gasteiger partial charge on any atom is 0.0813 e. The number of aromatic nitrogens is 1. The summed E-state index contributed by atoms with van der Waals surface area (Å²) in [5.74, 6) is 0. The third-order valence-corrected chi connectivity index (χ3v) is 4.95. The minimum absolute atomic E-state index is 0.966. The summed E-state index contributed by atoms with van der Waals surface area (Å²) in [7, 11) is 0. The van der Waals surface area contributed by atoms with E-state index in [2.05, 4.69) is 50.2 Å². The van der Waals surface area contributed by atoms with Gasteiger partial charge in [0.25, 0.3) is 0 Å². The van der Waals surface area contributed by atoms with E-state index in [0.717, 1.165) is 33.6 Å². The quantitative estimate of drug-likeness (QED) is 0.369. The molecule has 0 aliphatic heterocycles. The van der Waals surface area contributed by atoms with Gasteiger partial charge in [0.15, 0.2) is 0 Å². The Kier molecular flexibility index (Phi) is 3.26. The molecule has 2 nitrogen and oxygen atoms in total. The van der Waals surface area contributed by atoms with Gasteiger partial charge in [-0.15, -0.1) is 0 Å². The maximum absolute atomic E-state index is 5.01. The molecule has 0 radical (unpaired) electrons. The molecule has 26 heavy (non-hydrogen) atoms. The van der Waals surface area contributed by atoms with Crippen LogP contribution in [0.25, 0.3) is 22.2 Å². The molecule has 1 aliphatic carbocycles. The fraction of sp³-hybridized carbons (Fsp3) is 0.0833. The minimum atomic E-state index is 0.966. The van der Waals surface area contributed by atoms with E-state index in [4.69, 9.17) is 9.98 Å². The van der Waals surface area contributed by atoms with Crippen LogP contribution in [0.1, 0.15) is 22.3 Å². The van der Waals surface area contributed by atoms with Crippen LogP contribution in [0.3, 0.4) is 0 Å². The normalized spacial score (nSPS) is 13.8. The molecule has 124 valence electrons. The Morgan fingerprint density at radius 3 is 2.38 bits per heavy atom. The van der Waals surface area contributed by atoms with Crippen LogP contribution in [-0.4, -0.2) is 10.7 Å². The largest absolute Gasteiger partial charge is 0.248 e. The Morgan fingerprint density at radius 1 is 0.769 bits per heavy atom. The molecule has 4 aromatic rings. The first kappa shape index (κ1) is 15.0. The second kappa shape index (κ2) is 5.63. The monoisotopic (exact) mass is 334 g/mol. The predicted molar refractivity (Wildman–Crippen MR) is 108 cm³/mol. The zero-order chi connectivity index (χ0) is 17.7. The van der Waals surface area contributed by atoms with E-state index in [0.29, 0.717) is 0 Å². The standard InChI is InChI=1S/C24H18N2/c1-15-12-16(2)22-19(13-15)23(25-18-9-4-3-5-10-18)20-14-17-8-6-7-11-21(17)26-24(20)22/h3-14H,1-2H3. The number of pyridine rings is 1. The zero-order valence-corrected chi connectivity index (χ0v) is 14.8. The SMILES string of the molecule is Cc1cc(C)c2c(c1)C(=Nc1ccccc1)c1cc3ccccc3nc1-2. The highest BCUT2D eigenvalue weighted by Gasteiger charge is 2.28. The van der Waals surface area contributed by atoms with Crippen molar-refractivity contribution >= 4 is 22.3 Å². The summed E-state index contributed by atoms with van der Waals surface area (Å²) >= 11 is 0. The van der Waals surface area contributed by atoms with Crippen LogP contribution in [-0.2, 0) is 0 Å². The molecule has 0 unspecified atom stereocenters. The Hall–Kier alpha value is -3.26. The molecule has 0 saturated carbocycles. The van der Waals surface area contributed by atoms with Crippen LogP contribution in [0.5, 0.6) is 0 Å². The van der Waals surface area contributed by atoms with Crippen LogP contribution in [0, 0.1) is 13.8 Å². The Morgan fingerprint density at radius 2 is 1.54 bits per heavy atom. The molecule has 0 fully saturated rings. The number of hydrogen-bond donors (Lipinski definition) is 0. The average Bonchev–Trinajstić information content (AvgIpc) is 2.94. The first-order chi connectivity index (χ1) is 12.7. The van der Waals surface area contributed by atoms with E-state index >= 15 is 0 Å². The van der Waals surface area contributed by atoms with Crippen molar-refractivity contribution < 1.29 is 0 Å². The van der Waals surface area contributed by atoms with Crippen LogP contribution in [0.4, 0.5) is 5.69 Å². The van der Waals surface area contributed by atoms with Gasteiger partial charge >= 0.3 is 0 Å². The Bertz CT molecular complexity index is 1190. The van der Waals surface area contributed by atoms with Crippen molar-refractivity contribution in [3.63, 3.8) is 0 Å². The first-order valence-electron chi connectivity index (χ1n) is 8.86. The van der Waals surface area contributed by atoms with E-state index in [-0.39, 0.29) is 0 Å². The minimum Gasteiger partial charge on any atom is -0.248 e. The molecule has 0 amide bonds. The van der Waals surface area contributed by atoms with Crippen molar-refractivity contribution in [2.45, 2.75) is 13.8 Å². The van der Waals surface area contributed by atoms with Crippen molar-refractivity contribution in [2.24, 2.45) is 4.99 Å². The van der Waals surface area contributed by atoms with Gasteiger partial charge in [0.05, 0.1) is 22.6 Å². The van der Waals surface area contributed by atoms with Crippen molar-refractivity contribution in [3.05, 3.63) is 95.1 Å². The average molecular weight is 334 g/mol. The molecule has 0 saturated heterocycles. The summed E-state index contributed by atoms with van der Waals surface area (Å²) in [6.45, 7) is 4.30. The molecule has 2 heteroatoms. The number of rotatable bonds is 1. The Labute approximate surface area is 152 Å². The van der Waals surface area contributed by atoms with E-state index in [1.807, 2.05) is 36.4 Å². The number of benzene rings is 3. The van der Waals surface area contributed by atoms with Crippen molar-refractivity contribution in [2.75, 3.05) is 0 Å². The van der Waals surface area contributed by atoms with Gasteiger partial charge in [-0.25, -0.2) is 9.98 Å². The number of nitrogens with zero attached hydrogens (tertiary/aromatic N) is 2. The zero-order valence-electron chi connectivity index (χ0n) is 14.8. The van der Waals surface area contributed by atoms with E-state index in [1.165, 1.54) is 22.3 Å². The molecule has 0 N–H and O–H groups in total. The molecule has 0 atom stereocenters. The molecule has 0 spiro atoms. The van der Waals surface area contributed by atoms with Crippen molar-refractivity contribution in [1.29, 1.82) is 0 Å². The molecule has 1 aliphatic rings. The van der Waals surface area contributed by atoms with Crippen LogP contribution in [0.2, 0.25) is 0 Å². The molecule has 3 aromatic carbocycles. The number of aryl methyl sites for hydroxylation is 2. The lowest BCUT2D eigenvalue weighted by atomic mass is 10.00. The first-order valence-corrected chi connectivity index (χ1v) is 8.86. The number of para-hydroxylation sites is 2. The van der Waals surface area contributed by atoms with Gasteiger partial charge in [-0.1, -0.05) is 48.0 Å². The highest BCUT2D eigenvalue weighted by molar-refractivity contribution is 6.26. The van der Waals surface area contributed by atoms with Gasteiger partial charge in [-0.2, -0.15) is 0 Å². The van der Waals surface area contributed by atoms with Crippen molar-refractivity contribution in [3.8, 4) is 11.3 Å². The predicted octanol–water partition coefficient (Wildman–Crippen LogP) is 6.00. The summed E-state index contributed by atoms with van der Waals surface area (Å²) in [5, 5.41) is 1.15. The number of fused-ring (bicyclic) bond motifs is 4. The molecular formula is C24H18N2. The smallest absolute Gasteiger partial charge is 0.0813 e. The van der Waals surface area contributed by atoms with Crippen LogP contribution < -0.4 is 0 Å². The Balaban J connectivity index is 1.87. The molecule has 1 aromatic heterocycles. The van der Waals surface area contributed by atoms with Gasteiger partial charge in [0.2, 0.25) is 0 Å². The van der Waals surface area contributed by atoms with Gasteiger partial charge in [-0.05, 0) is 49.7 Å². The van der Waals surface area contributed by atoms with Crippen LogP contribution in [0.15, 0.2) is 77.8 Å². The number of aliphatic imine (C=N–C) groups is 1. The topological polar surface area (TPSA) is 25.2 Å². The lowest BCUT2D eigenvalue weighted by molar-refractivity contribution is 1.34. The van der Waals surface area contributed by atoms with E-state index in [9.17, 15) is 0 Å². The molecule has 5 rings (SSSR count). The molecular weight excluding hydrogens is 316 g/mol. The van der Waals surface area contributed by atoms with Gasteiger partial charge in [0, 0.05) is 22.1 Å². The lowest BCUT2D eigenvalue weighted by Crippen LogP contribution is -1.99. The highest BCUT2D eigenvalue weighted by atomic mass is 14.8. The second-order valence-corrected chi connectivity index (χ2v) is 6.88. The summed E-state index contributed by atoms with van der Waals surface area (Å²) in [4.78, 5) is 10.0. The molecule has 0 bridgehead atoms. The second-order valence-electron chi connectivity index (χ2n) is 6.88. The maximum atomic E-state index is 5.01. The van der Waals surface area contributed by atoms with E-state index in [1.54, 1.807) is 0 Å². The number of hydrogen-bond acceptors (Lipinski definition) is 2. The third-order valence-electron chi connectivity index (χ3n) is 4.95. The third kappa shape index (κ3) is 2.26.